The molecular formula is C21H20N4O3. The molecule has 0 fully saturated rings. The lowest BCUT2D eigenvalue weighted by molar-refractivity contribution is 0.0601. The number of carbonyl (C=O) groups excluding carboxylic acids is 2. The number of carbonyl (C=O) groups is 2. The Morgan fingerprint density at radius 1 is 1.00 bits per heavy atom. The van der Waals surface area contributed by atoms with Gasteiger partial charge in [0.25, 0.3) is 5.91 Å². The van der Waals surface area contributed by atoms with Gasteiger partial charge in [0.1, 0.15) is 5.69 Å². The van der Waals surface area contributed by atoms with E-state index in [0.29, 0.717) is 16.9 Å². The Balaban J connectivity index is 1.91. The topological polar surface area (TPSA) is 84.4 Å². The Labute approximate surface area is 163 Å². The molecule has 0 unspecified atom stereocenters. The van der Waals surface area contributed by atoms with Crippen LogP contribution in [-0.4, -0.2) is 36.0 Å². The molecule has 28 heavy (non-hydrogen) atoms. The summed E-state index contributed by atoms with van der Waals surface area (Å²) in [4.78, 5) is 35.0. The van der Waals surface area contributed by atoms with Crippen molar-refractivity contribution in [2.24, 2.45) is 0 Å². The third-order valence-corrected chi connectivity index (χ3v) is 4.10. The molecule has 0 radical (unpaired) electrons. The van der Waals surface area contributed by atoms with Crippen LogP contribution in [-0.2, 0) is 4.74 Å². The average molecular weight is 376 g/mol. The van der Waals surface area contributed by atoms with Crippen LogP contribution in [0, 0.1) is 6.92 Å². The van der Waals surface area contributed by atoms with E-state index in [-0.39, 0.29) is 17.5 Å². The van der Waals surface area contributed by atoms with Crippen LogP contribution >= 0.6 is 0 Å². The van der Waals surface area contributed by atoms with E-state index in [2.05, 4.69) is 15.3 Å². The van der Waals surface area contributed by atoms with Gasteiger partial charge in [0.05, 0.1) is 18.4 Å². The van der Waals surface area contributed by atoms with E-state index in [1.54, 1.807) is 44.3 Å². The van der Waals surface area contributed by atoms with Crippen molar-refractivity contribution >= 4 is 29.2 Å². The molecule has 0 spiro atoms. The van der Waals surface area contributed by atoms with Crippen LogP contribution in [0.1, 0.15) is 26.5 Å². The molecule has 1 heterocycles. The van der Waals surface area contributed by atoms with Crippen molar-refractivity contribution in [1.82, 2.24) is 9.97 Å². The van der Waals surface area contributed by atoms with Crippen molar-refractivity contribution < 1.29 is 14.3 Å². The molecule has 0 saturated heterocycles. The first-order chi connectivity index (χ1) is 13.5. The second kappa shape index (κ2) is 8.30. The first-order valence-electron chi connectivity index (χ1n) is 8.62. The van der Waals surface area contributed by atoms with E-state index < -0.39 is 5.97 Å². The number of nitrogens with zero attached hydrogens (tertiary/aromatic N) is 3. The molecule has 2 aromatic carbocycles. The first kappa shape index (κ1) is 19.0. The predicted octanol–water partition coefficient (Wildman–Crippen LogP) is 3.59. The number of para-hydroxylation sites is 2. The summed E-state index contributed by atoms with van der Waals surface area (Å²) in [6, 6.07) is 17.8. The fraction of sp³-hybridized carbons (Fsp3) is 0.143. The highest BCUT2D eigenvalue weighted by Gasteiger charge is 2.18. The van der Waals surface area contributed by atoms with E-state index in [4.69, 9.17) is 4.74 Å². The number of hydrogen-bond acceptors (Lipinski definition) is 6. The lowest BCUT2D eigenvalue weighted by atomic mass is 10.2. The van der Waals surface area contributed by atoms with Gasteiger partial charge >= 0.3 is 5.97 Å². The minimum absolute atomic E-state index is 0.223. The number of aryl methyl sites for hydroxylation is 1. The maximum Gasteiger partial charge on any atom is 0.339 e. The van der Waals surface area contributed by atoms with Crippen LogP contribution in [0.3, 0.4) is 0 Å². The molecule has 0 atom stereocenters. The largest absolute Gasteiger partial charge is 0.465 e. The summed E-state index contributed by atoms with van der Waals surface area (Å²) < 4.78 is 4.80. The Bertz CT molecular complexity index is 1010. The molecule has 0 aliphatic carbocycles. The third kappa shape index (κ3) is 4.15. The molecule has 3 aromatic rings. The van der Waals surface area contributed by atoms with Gasteiger partial charge in [-0.3, -0.25) is 4.79 Å². The molecule has 0 aliphatic rings. The van der Waals surface area contributed by atoms with E-state index in [0.717, 1.165) is 5.69 Å². The highest BCUT2D eigenvalue weighted by molar-refractivity contribution is 6.04. The van der Waals surface area contributed by atoms with Crippen LogP contribution in [0.15, 0.2) is 60.7 Å². The standard InChI is InChI=1S/C21H20N4O3/c1-14-13-18(19(26)25(2)15-9-5-4-6-10-15)24-21(22-14)23-17-12-8-7-11-16(17)20(27)28-3/h4-13H,1-3H3,(H,22,23,24). The highest BCUT2D eigenvalue weighted by atomic mass is 16.5. The smallest absolute Gasteiger partial charge is 0.339 e. The lowest BCUT2D eigenvalue weighted by Crippen LogP contribution is -2.27. The van der Waals surface area contributed by atoms with E-state index >= 15 is 0 Å². The minimum Gasteiger partial charge on any atom is -0.465 e. The molecule has 142 valence electrons. The molecule has 7 heteroatoms. The number of hydrogen-bond donors (Lipinski definition) is 1. The normalized spacial score (nSPS) is 10.2. The first-order valence-corrected chi connectivity index (χ1v) is 8.62. The Hall–Kier alpha value is -3.74. The third-order valence-electron chi connectivity index (χ3n) is 4.10. The second-order valence-corrected chi connectivity index (χ2v) is 6.08. The van der Waals surface area contributed by atoms with Gasteiger partial charge < -0.3 is 15.0 Å². The Morgan fingerprint density at radius 3 is 2.39 bits per heavy atom. The monoisotopic (exact) mass is 376 g/mol. The fourth-order valence-corrected chi connectivity index (χ4v) is 2.68. The number of esters is 1. The van der Waals surface area contributed by atoms with Gasteiger partial charge in [-0.15, -0.1) is 0 Å². The van der Waals surface area contributed by atoms with Gasteiger partial charge in [-0.05, 0) is 37.3 Å². The van der Waals surface area contributed by atoms with E-state index in [9.17, 15) is 9.59 Å². The summed E-state index contributed by atoms with van der Waals surface area (Å²) in [7, 11) is 3.01. The van der Waals surface area contributed by atoms with Gasteiger partial charge in [-0.1, -0.05) is 30.3 Å². The lowest BCUT2D eigenvalue weighted by Gasteiger charge is -2.17. The van der Waals surface area contributed by atoms with Crippen LogP contribution in [0.5, 0.6) is 0 Å². The van der Waals surface area contributed by atoms with E-state index in [1.807, 2.05) is 30.3 Å². The number of rotatable bonds is 5. The zero-order valence-electron chi connectivity index (χ0n) is 15.8. The van der Waals surface area contributed by atoms with Gasteiger partial charge in [0, 0.05) is 18.4 Å². The molecule has 1 amide bonds. The molecule has 3 rings (SSSR count). The van der Waals surface area contributed by atoms with Crippen molar-refractivity contribution in [2.45, 2.75) is 6.92 Å². The highest BCUT2D eigenvalue weighted by Crippen LogP contribution is 2.21. The summed E-state index contributed by atoms with van der Waals surface area (Å²) >= 11 is 0. The molecule has 0 bridgehead atoms. The SMILES string of the molecule is COC(=O)c1ccccc1Nc1nc(C)cc(C(=O)N(C)c2ccccc2)n1. The molecule has 1 N–H and O–H groups in total. The average Bonchev–Trinajstić information content (AvgIpc) is 2.72. The second-order valence-electron chi connectivity index (χ2n) is 6.08. The van der Waals surface area contributed by atoms with Crippen molar-refractivity contribution in [1.29, 1.82) is 0 Å². The number of ether oxygens (including phenoxy) is 1. The fourth-order valence-electron chi connectivity index (χ4n) is 2.68. The van der Waals surface area contributed by atoms with Crippen LogP contribution in [0.2, 0.25) is 0 Å². The summed E-state index contributed by atoms with van der Waals surface area (Å²) in [5, 5.41) is 3.01. The predicted molar refractivity (Wildman–Crippen MR) is 107 cm³/mol. The molecular weight excluding hydrogens is 356 g/mol. The quantitative estimate of drug-likeness (QED) is 0.685. The van der Waals surface area contributed by atoms with Gasteiger partial charge in [0.15, 0.2) is 0 Å². The number of benzene rings is 2. The summed E-state index contributed by atoms with van der Waals surface area (Å²) in [6.45, 7) is 1.78. The number of methoxy groups -OCH3 is 1. The summed E-state index contributed by atoms with van der Waals surface area (Å²) in [6.07, 6.45) is 0. The molecule has 0 aliphatic heterocycles. The van der Waals surface area contributed by atoms with Crippen molar-refractivity contribution in [2.75, 3.05) is 24.4 Å². The van der Waals surface area contributed by atoms with Gasteiger partial charge in [-0.2, -0.15) is 0 Å². The van der Waals surface area contributed by atoms with Crippen LogP contribution < -0.4 is 10.2 Å². The zero-order valence-corrected chi connectivity index (χ0v) is 15.8. The minimum atomic E-state index is -0.476. The van der Waals surface area contributed by atoms with Crippen molar-refractivity contribution in [3.8, 4) is 0 Å². The maximum atomic E-state index is 12.9. The Morgan fingerprint density at radius 2 is 1.68 bits per heavy atom. The number of aromatic nitrogens is 2. The number of anilines is 3. The molecule has 1 aromatic heterocycles. The van der Waals surface area contributed by atoms with E-state index in [1.165, 1.54) is 12.0 Å². The Kier molecular flexibility index (Phi) is 5.64. The van der Waals surface area contributed by atoms with Crippen LogP contribution in [0.25, 0.3) is 0 Å². The molecule has 7 nitrogen and oxygen atoms in total. The van der Waals surface area contributed by atoms with Crippen LogP contribution in [0.4, 0.5) is 17.3 Å². The van der Waals surface area contributed by atoms with Crippen molar-refractivity contribution in [3.63, 3.8) is 0 Å². The number of nitrogens with one attached hydrogen (secondary N) is 1. The maximum absolute atomic E-state index is 12.9. The van der Waals surface area contributed by atoms with Gasteiger partial charge in [-0.25, -0.2) is 14.8 Å². The van der Waals surface area contributed by atoms with Crippen molar-refractivity contribution in [3.05, 3.63) is 77.6 Å². The number of amides is 1. The van der Waals surface area contributed by atoms with Gasteiger partial charge in [0.2, 0.25) is 5.95 Å². The summed E-state index contributed by atoms with van der Waals surface area (Å²) in [5.41, 5.74) is 2.48. The zero-order chi connectivity index (χ0) is 20.1. The summed E-state index contributed by atoms with van der Waals surface area (Å²) in [5.74, 6) is -0.516. The molecule has 0 saturated carbocycles.